The van der Waals surface area contributed by atoms with E-state index in [4.69, 9.17) is 11.6 Å². The maximum Gasteiger partial charge on any atom is 0.151 e. The lowest BCUT2D eigenvalue weighted by Crippen LogP contribution is -1.90. The zero-order chi connectivity index (χ0) is 7.56. The molecule has 10 heavy (non-hydrogen) atoms. The van der Waals surface area contributed by atoms with Crippen LogP contribution in [0.1, 0.15) is 25.3 Å². The molecule has 0 spiro atoms. The van der Waals surface area contributed by atoms with Gasteiger partial charge in [-0.15, -0.1) is 5.10 Å². The van der Waals surface area contributed by atoms with Crippen LogP contribution in [0.5, 0.6) is 0 Å². The van der Waals surface area contributed by atoms with Gasteiger partial charge in [0.25, 0.3) is 0 Å². The summed E-state index contributed by atoms with van der Waals surface area (Å²) in [4.78, 5) is 0. The first-order valence-electron chi connectivity index (χ1n) is 3.18. The summed E-state index contributed by atoms with van der Waals surface area (Å²) in [7, 11) is 0. The second kappa shape index (κ2) is 2.97. The van der Waals surface area contributed by atoms with Crippen LogP contribution < -0.4 is 0 Å². The molecular formula is C7H9ClN2. The van der Waals surface area contributed by atoms with E-state index in [0.717, 1.165) is 5.56 Å². The Morgan fingerprint density at radius 2 is 2.20 bits per heavy atom. The van der Waals surface area contributed by atoms with Gasteiger partial charge in [-0.1, -0.05) is 25.4 Å². The second-order valence-electron chi connectivity index (χ2n) is 2.47. The van der Waals surface area contributed by atoms with Crippen molar-refractivity contribution in [3.8, 4) is 0 Å². The molecule has 3 heteroatoms. The minimum Gasteiger partial charge on any atom is -0.157 e. The molecule has 0 radical (unpaired) electrons. The van der Waals surface area contributed by atoms with E-state index in [1.807, 2.05) is 6.07 Å². The quantitative estimate of drug-likeness (QED) is 0.624. The maximum atomic E-state index is 5.62. The maximum absolute atomic E-state index is 5.62. The predicted octanol–water partition coefficient (Wildman–Crippen LogP) is 2.25. The lowest BCUT2D eigenvalue weighted by molar-refractivity contribution is 0.841. The number of aromatic nitrogens is 2. The lowest BCUT2D eigenvalue weighted by Gasteiger charge is -2.01. The summed E-state index contributed by atoms with van der Waals surface area (Å²) in [5.74, 6) is 0.466. The third-order valence-corrected chi connectivity index (χ3v) is 1.50. The van der Waals surface area contributed by atoms with Gasteiger partial charge in [-0.05, 0) is 17.5 Å². The molecule has 0 saturated carbocycles. The first-order valence-corrected chi connectivity index (χ1v) is 3.56. The van der Waals surface area contributed by atoms with Crippen LogP contribution in [0.4, 0.5) is 0 Å². The van der Waals surface area contributed by atoms with Gasteiger partial charge in [0.05, 0.1) is 6.20 Å². The number of halogens is 1. The summed E-state index contributed by atoms with van der Waals surface area (Å²) in [6.07, 6.45) is 1.73. The van der Waals surface area contributed by atoms with E-state index in [2.05, 4.69) is 24.0 Å². The molecule has 0 atom stereocenters. The molecule has 0 amide bonds. The Balaban J connectivity index is 2.96. The molecule has 0 fully saturated rings. The van der Waals surface area contributed by atoms with Crippen LogP contribution in [0.15, 0.2) is 12.3 Å². The standard InChI is InChI=1S/C7H9ClN2/c1-5(2)6-3-7(8)10-9-4-6/h3-5H,1-2H3. The summed E-state index contributed by atoms with van der Waals surface area (Å²) in [6.45, 7) is 4.18. The van der Waals surface area contributed by atoms with Crippen molar-refractivity contribution in [1.29, 1.82) is 0 Å². The number of hydrogen-bond acceptors (Lipinski definition) is 2. The molecule has 0 N–H and O–H groups in total. The molecule has 1 rings (SSSR count). The van der Waals surface area contributed by atoms with Crippen LogP contribution in [0.2, 0.25) is 5.15 Å². The van der Waals surface area contributed by atoms with Crippen molar-refractivity contribution < 1.29 is 0 Å². The molecule has 1 aromatic heterocycles. The van der Waals surface area contributed by atoms with E-state index < -0.39 is 0 Å². The molecule has 0 bridgehead atoms. The molecule has 2 nitrogen and oxygen atoms in total. The highest BCUT2D eigenvalue weighted by atomic mass is 35.5. The summed E-state index contributed by atoms with van der Waals surface area (Å²) >= 11 is 5.62. The van der Waals surface area contributed by atoms with E-state index in [0.29, 0.717) is 11.1 Å². The first kappa shape index (κ1) is 7.48. The third kappa shape index (κ3) is 1.67. The fourth-order valence-electron chi connectivity index (χ4n) is 0.670. The Morgan fingerprint density at radius 1 is 1.50 bits per heavy atom. The van der Waals surface area contributed by atoms with Gasteiger partial charge in [0.2, 0.25) is 0 Å². The average Bonchev–Trinajstić information content (AvgIpc) is 1.88. The Morgan fingerprint density at radius 3 is 2.60 bits per heavy atom. The lowest BCUT2D eigenvalue weighted by atomic mass is 10.1. The van der Waals surface area contributed by atoms with Crippen molar-refractivity contribution in [1.82, 2.24) is 10.2 Å². The van der Waals surface area contributed by atoms with Crippen LogP contribution in [0.3, 0.4) is 0 Å². The van der Waals surface area contributed by atoms with Gasteiger partial charge in [-0.2, -0.15) is 5.10 Å². The highest BCUT2D eigenvalue weighted by Gasteiger charge is 1.99. The fraction of sp³-hybridized carbons (Fsp3) is 0.429. The molecule has 0 unspecified atom stereocenters. The summed E-state index contributed by atoms with van der Waals surface area (Å²) in [6, 6.07) is 1.83. The van der Waals surface area contributed by atoms with E-state index in [1.54, 1.807) is 6.20 Å². The van der Waals surface area contributed by atoms with Crippen molar-refractivity contribution in [3.05, 3.63) is 23.0 Å². The van der Waals surface area contributed by atoms with Gasteiger partial charge in [0, 0.05) is 0 Å². The third-order valence-electron chi connectivity index (χ3n) is 1.31. The van der Waals surface area contributed by atoms with Crippen LogP contribution in [-0.2, 0) is 0 Å². The first-order chi connectivity index (χ1) is 4.70. The minimum atomic E-state index is 0.464. The Hall–Kier alpha value is -0.630. The molecule has 0 saturated heterocycles. The number of nitrogens with zero attached hydrogens (tertiary/aromatic N) is 2. The summed E-state index contributed by atoms with van der Waals surface area (Å²) < 4.78 is 0. The van der Waals surface area contributed by atoms with Crippen molar-refractivity contribution in [2.24, 2.45) is 0 Å². The van der Waals surface area contributed by atoms with Crippen LogP contribution in [-0.4, -0.2) is 10.2 Å². The van der Waals surface area contributed by atoms with E-state index in [9.17, 15) is 0 Å². The number of hydrogen-bond donors (Lipinski definition) is 0. The predicted molar refractivity (Wildman–Crippen MR) is 41.1 cm³/mol. The van der Waals surface area contributed by atoms with Crippen molar-refractivity contribution in [3.63, 3.8) is 0 Å². The van der Waals surface area contributed by atoms with Crippen LogP contribution >= 0.6 is 11.6 Å². The zero-order valence-corrected chi connectivity index (χ0v) is 6.76. The van der Waals surface area contributed by atoms with Crippen molar-refractivity contribution >= 4 is 11.6 Å². The van der Waals surface area contributed by atoms with Gasteiger partial charge in [-0.25, -0.2) is 0 Å². The molecule has 0 aliphatic rings. The smallest absolute Gasteiger partial charge is 0.151 e. The largest absolute Gasteiger partial charge is 0.157 e. The van der Waals surface area contributed by atoms with Gasteiger partial charge >= 0.3 is 0 Å². The Kier molecular flexibility index (Phi) is 2.22. The second-order valence-corrected chi connectivity index (χ2v) is 2.85. The highest BCUT2D eigenvalue weighted by molar-refractivity contribution is 6.29. The number of rotatable bonds is 1. The molecule has 1 heterocycles. The van der Waals surface area contributed by atoms with Crippen LogP contribution in [0.25, 0.3) is 0 Å². The monoisotopic (exact) mass is 156 g/mol. The molecule has 1 aromatic rings. The van der Waals surface area contributed by atoms with Gasteiger partial charge in [0.1, 0.15) is 0 Å². The Bertz CT molecular complexity index is 223. The van der Waals surface area contributed by atoms with Crippen LogP contribution in [0, 0.1) is 0 Å². The van der Waals surface area contributed by atoms with Gasteiger partial charge in [0.15, 0.2) is 5.15 Å². The van der Waals surface area contributed by atoms with Crippen molar-refractivity contribution in [2.45, 2.75) is 19.8 Å². The zero-order valence-electron chi connectivity index (χ0n) is 6.00. The van der Waals surface area contributed by atoms with E-state index in [1.165, 1.54) is 0 Å². The molecule has 0 aliphatic heterocycles. The SMILES string of the molecule is CC(C)c1cnnc(Cl)c1. The normalized spacial score (nSPS) is 10.4. The van der Waals surface area contributed by atoms with Crippen molar-refractivity contribution in [2.75, 3.05) is 0 Å². The van der Waals surface area contributed by atoms with E-state index in [-0.39, 0.29) is 0 Å². The highest BCUT2D eigenvalue weighted by Crippen LogP contribution is 2.14. The van der Waals surface area contributed by atoms with Gasteiger partial charge in [-0.3, -0.25) is 0 Å². The molecule has 0 aliphatic carbocycles. The molecule has 0 aromatic carbocycles. The Labute approximate surface area is 65.2 Å². The molecular weight excluding hydrogens is 148 g/mol. The minimum absolute atomic E-state index is 0.464. The molecule has 54 valence electrons. The summed E-state index contributed by atoms with van der Waals surface area (Å²) in [5, 5.41) is 7.83. The fourth-order valence-corrected chi connectivity index (χ4v) is 0.840. The summed E-state index contributed by atoms with van der Waals surface area (Å²) in [5.41, 5.74) is 1.13. The van der Waals surface area contributed by atoms with E-state index >= 15 is 0 Å². The van der Waals surface area contributed by atoms with Gasteiger partial charge < -0.3 is 0 Å². The average molecular weight is 157 g/mol. The topological polar surface area (TPSA) is 25.8 Å².